The van der Waals surface area contributed by atoms with Gasteiger partial charge in [0.05, 0.1) is 11.2 Å². The lowest BCUT2D eigenvalue weighted by Crippen LogP contribution is -2.30. The first-order valence-electron chi connectivity index (χ1n) is 8.35. The normalized spacial score (nSPS) is 11.0. The second-order valence-electron chi connectivity index (χ2n) is 5.83. The lowest BCUT2D eigenvalue weighted by Gasteiger charge is -2.23. The van der Waals surface area contributed by atoms with Gasteiger partial charge in [0.2, 0.25) is 5.95 Å². The fraction of sp³-hybridized carbons (Fsp3) is 0.263. The highest BCUT2D eigenvalue weighted by atomic mass is 35.5. The average Bonchev–Trinajstić information content (AvgIpc) is 2.62. The molecule has 5 nitrogen and oxygen atoms in total. The predicted octanol–water partition coefficient (Wildman–Crippen LogP) is 3.58. The highest BCUT2D eigenvalue weighted by molar-refractivity contribution is 6.31. The van der Waals surface area contributed by atoms with Gasteiger partial charge in [-0.25, -0.2) is 9.97 Å². The minimum atomic E-state index is 0.262. The van der Waals surface area contributed by atoms with E-state index in [0.29, 0.717) is 5.02 Å². The summed E-state index contributed by atoms with van der Waals surface area (Å²) in [5.41, 5.74) is 9.67. The maximum Gasteiger partial charge on any atom is 0.221 e. The molecule has 0 aliphatic heterocycles. The van der Waals surface area contributed by atoms with Crippen LogP contribution in [0.5, 0.6) is 0 Å². The predicted molar refractivity (Wildman–Crippen MR) is 106 cm³/mol. The van der Waals surface area contributed by atoms with E-state index in [0.717, 1.165) is 47.5 Å². The topological polar surface area (TPSA) is 67.1 Å². The molecule has 0 spiro atoms. The molecule has 0 radical (unpaired) electrons. The molecule has 0 amide bonds. The van der Waals surface area contributed by atoms with Crippen LogP contribution in [0.3, 0.4) is 0 Å². The van der Waals surface area contributed by atoms with Crippen molar-refractivity contribution in [3.8, 4) is 11.3 Å². The molecule has 0 unspecified atom stereocenters. The Labute approximate surface area is 152 Å². The standard InChI is InChI=1S/C19H22ClN5/c1-3-25(10-9-22-2)15-6-4-5-13(11-15)18-16-12-14(20)7-8-17(16)23-19(21)24-18/h4-8,11-12,22H,3,9-10H2,1-2H3,(H2,21,23,24). The van der Waals surface area contributed by atoms with Crippen molar-refractivity contribution in [2.45, 2.75) is 6.92 Å². The number of nitrogen functional groups attached to an aromatic ring is 1. The Morgan fingerprint density at radius 2 is 2.00 bits per heavy atom. The Morgan fingerprint density at radius 3 is 2.76 bits per heavy atom. The summed E-state index contributed by atoms with van der Waals surface area (Å²) in [7, 11) is 1.96. The first kappa shape index (κ1) is 17.5. The average molecular weight is 356 g/mol. The van der Waals surface area contributed by atoms with Crippen molar-refractivity contribution in [3.63, 3.8) is 0 Å². The number of nitrogens with zero attached hydrogens (tertiary/aromatic N) is 3. The van der Waals surface area contributed by atoms with Crippen molar-refractivity contribution in [1.29, 1.82) is 0 Å². The Kier molecular flexibility index (Phi) is 5.36. The maximum atomic E-state index is 6.18. The lowest BCUT2D eigenvalue weighted by atomic mass is 10.1. The zero-order valence-electron chi connectivity index (χ0n) is 14.5. The van der Waals surface area contributed by atoms with Crippen LogP contribution in [0.2, 0.25) is 5.02 Å². The van der Waals surface area contributed by atoms with E-state index in [1.807, 2.05) is 37.4 Å². The van der Waals surface area contributed by atoms with Crippen LogP contribution in [-0.2, 0) is 0 Å². The molecule has 0 fully saturated rings. The lowest BCUT2D eigenvalue weighted by molar-refractivity contribution is 0.737. The Morgan fingerprint density at radius 1 is 1.16 bits per heavy atom. The van der Waals surface area contributed by atoms with Crippen molar-refractivity contribution in [1.82, 2.24) is 15.3 Å². The van der Waals surface area contributed by atoms with E-state index in [2.05, 4.69) is 39.2 Å². The van der Waals surface area contributed by atoms with E-state index in [1.165, 1.54) is 0 Å². The number of fused-ring (bicyclic) bond motifs is 1. The van der Waals surface area contributed by atoms with E-state index in [9.17, 15) is 0 Å². The molecule has 0 saturated heterocycles. The second-order valence-corrected chi connectivity index (χ2v) is 6.26. The molecule has 2 aromatic carbocycles. The van der Waals surface area contributed by atoms with Gasteiger partial charge in [-0.2, -0.15) is 0 Å². The molecule has 6 heteroatoms. The minimum absolute atomic E-state index is 0.262. The molecule has 130 valence electrons. The van der Waals surface area contributed by atoms with E-state index >= 15 is 0 Å². The van der Waals surface area contributed by atoms with Gasteiger partial charge in [0.1, 0.15) is 0 Å². The zero-order valence-corrected chi connectivity index (χ0v) is 15.2. The number of halogens is 1. The van der Waals surface area contributed by atoms with Gasteiger partial charge in [-0.3, -0.25) is 0 Å². The van der Waals surface area contributed by atoms with Crippen molar-refractivity contribution >= 4 is 34.1 Å². The maximum absolute atomic E-state index is 6.18. The molecular weight excluding hydrogens is 334 g/mol. The number of aromatic nitrogens is 2. The monoisotopic (exact) mass is 355 g/mol. The van der Waals surface area contributed by atoms with Crippen LogP contribution < -0.4 is 16.0 Å². The molecule has 0 atom stereocenters. The van der Waals surface area contributed by atoms with Crippen LogP contribution in [0.4, 0.5) is 11.6 Å². The Balaban J connectivity index is 2.09. The summed E-state index contributed by atoms with van der Waals surface area (Å²) in [4.78, 5) is 11.1. The summed E-state index contributed by atoms with van der Waals surface area (Å²) in [6.45, 7) is 4.95. The van der Waals surface area contributed by atoms with Crippen LogP contribution >= 0.6 is 11.6 Å². The number of nitrogens with two attached hydrogens (primary N) is 1. The quantitative estimate of drug-likeness (QED) is 0.707. The van der Waals surface area contributed by atoms with Gasteiger partial charge in [-0.15, -0.1) is 0 Å². The largest absolute Gasteiger partial charge is 0.371 e. The van der Waals surface area contributed by atoms with Gasteiger partial charge in [0.15, 0.2) is 0 Å². The van der Waals surface area contributed by atoms with Crippen molar-refractivity contribution in [2.75, 3.05) is 37.3 Å². The van der Waals surface area contributed by atoms with Crippen LogP contribution in [0, 0.1) is 0 Å². The molecule has 1 heterocycles. The van der Waals surface area contributed by atoms with E-state index < -0.39 is 0 Å². The molecule has 3 N–H and O–H groups in total. The highest BCUT2D eigenvalue weighted by Crippen LogP contribution is 2.31. The summed E-state index contributed by atoms with van der Waals surface area (Å²) in [6.07, 6.45) is 0. The van der Waals surface area contributed by atoms with Crippen LogP contribution in [0.1, 0.15) is 6.92 Å². The number of anilines is 2. The van der Waals surface area contributed by atoms with Gasteiger partial charge in [0, 0.05) is 41.3 Å². The third-order valence-corrected chi connectivity index (χ3v) is 4.41. The number of likely N-dealkylation sites (N-methyl/N-ethyl adjacent to an activating group) is 2. The molecule has 3 aromatic rings. The summed E-state index contributed by atoms with van der Waals surface area (Å²) in [5, 5.41) is 4.75. The third-order valence-electron chi connectivity index (χ3n) is 4.17. The fourth-order valence-electron chi connectivity index (χ4n) is 2.91. The number of benzene rings is 2. The number of rotatable bonds is 6. The molecule has 0 bridgehead atoms. The third kappa shape index (κ3) is 3.83. The molecular formula is C19H22ClN5. The van der Waals surface area contributed by atoms with E-state index in [1.54, 1.807) is 0 Å². The summed E-state index contributed by atoms with van der Waals surface area (Å²) in [6, 6.07) is 13.9. The first-order chi connectivity index (χ1) is 12.1. The summed E-state index contributed by atoms with van der Waals surface area (Å²) >= 11 is 6.18. The first-order valence-corrected chi connectivity index (χ1v) is 8.73. The SMILES string of the molecule is CCN(CCNC)c1cccc(-c2nc(N)nc3ccc(Cl)cc23)c1. The Bertz CT molecular complexity index is 881. The fourth-order valence-corrected chi connectivity index (χ4v) is 3.08. The number of hydrogen-bond donors (Lipinski definition) is 2. The Hall–Kier alpha value is -2.37. The summed E-state index contributed by atoms with van der Waals surface area (Å²) in [5.74, 6) is 0.262. The van der Waals surface area contributed by atoms with E-state index in [-0.39, 0.29) is 5.95 Å². The van der Waals surface area contributed by atoms with Gasteiger partial charge < -0.3 is 16.0 Å². The minimum Gasteiger partial charge on any atom is -0.371 e. The second kappa shape index (κ2) is 7.68. The van der Waals surface area contributed by atoms with Crippen LogP contribution in [0.15, 0.2) is 42.5 Å². The van der Waals surface area contributed by atoms with Gasteiger partial charge in [-0.05, 0) is 44.3 Å². The molecule has 3 rings (SSSR count). The van der Waals surface area contributed by atoms with Crippen molar-refractivity contribution in [3.05, 3.63) is 47.5 Å². The molecule has 25 heavy (non-hydrogen) atoms. The molecule has 0 aliphatic rings. The molecule has 1 aromatic heterocycles. The molecule has 0 saturated carbocycles. The summed E-state index contributed by atoms with van der Waals surface area (Å²) < 4.78 is 0. The van der Waals surface area contributed by atoms with Crippen molar-refractivity contribution < 1.29 is 0 Å². The van der Waals surface area contributed by atoms with Gasteiger partial charge >= 0.3 is 0 Å². The smallest absolute Gasteiger partial charge is 0.221 e. The molecule has 0 aliphatic carbocycles. The van der Waals surface area contributed by atoms with Crippen molar-refractivity contribution in [2.24, 2.45) is 0 Å². The highest BCUT2D eigenvalue weighted by Gasteiger charge is 2.11. The van der Waals surface area contributed by atoms with Crippen LogP contribution in [-0.4, -0.2) is 36.6 Å². The van der Waals surface area contributed by atoms with E-state index in [4.69, 9.17) is 17.3 Å². The van der Waals surface area contributed by atoms with Crippen LogP contribution in [0.25, 0.3) is 22.2 Å². The number of nitrogens with one attached hydrogen (secondary N) is 1. The zero-order chi connectivity index (χ0) is 17.8. The van der Waals surface area contributed by atoms with Gasteiger partial charge in [0.25, 0.3) is 0 Å². The number of hydrogen-bond acceptors (Lipinski definition) is 5. The van der Waals surface area contributed by atoms with Gasteiger partial charge in [-0.1, -0.05) is 23.7 Å².